The molecule has 0 aliphatic heterocycles. The SMILES string of the molecule is COc1ncccc1-c1cc(NCc2ncn(C)n2)c2c(C(C)C)nn(C)c2n1. The fourth-order valence-corrected chi connectivity index (χ4v) is 3.35. The third kappa shape index (κ3) is 3.51. The number of aromatic nitrogens is 7. The molecule has 0 atom stereocenters. The molecule has 0 unspecified atom stereocenters. The number of nitrogens with zero attached hydrogens (tertiary/aromatic N) is 7. The highest BCUT2D eigenvalue weighted by molar-refractivity contribution is 5.94. The molecule has 4 heterocycles. The summed E-state index contributed by atoms with van der Waals surface area (Å²) in [6.07, 6.45) is 3.39. The quantitative estimate of drug-likeness (QED) is 0.539. The van der Waals surface area contributed by atoms with Crippen molar-refractivity contribution in [3.05, 3.63) is 42.2 Å². The average molecular weight is 392 g/mol. The number of hydrogen-bond acceptors (Lipinski definition) is 7. The molecule has 150 valence electrons. The first-order valence-corrected chi connectivity index (χ1v) is 9.43. The number of ether oxygens (including phenoxy) is 1. The van der Waals surface area contributed by atoms with Gasteiger partial charge in [0.2, 0.25) is 5.88 Å². The second-order valence-corrected chi connectivity index (χ2v) is 7.17. The third-order valence-electron chi connectivity index (χ3n) is 4.69. The zero-order valence-corrected chi connectivity index (χ0v) is 17.2. The molecular weight excluding hydrogens is 368 g/mol. The van der Waals surface area contributed by atoms with E-state index in [1.807, 2.05) is 37.0 Å². The van der Waals surface area contributed by atoms with Crippen LogP contribution in [0.1, 0.15) is 31.3 Å². The summed E-state index contributed by atoms with van der Waals surface area (Å²) in [7, 11) is 5.37. The van der Waals surface area contributed by atoms with Gasteiger partial charge in [-0.05, 0) is 24.1 Å². The van der Waals surface area contributed by atoms with Crippen LogP contribution in [-0.4, -0.2) is 41.6 Å². The second-order valence-electron chi connectivity index (χ2n) is 7.17. The number of fused-ring (bicyclic) bond motifs is 1. The molecule has 9 heteroatoms. The first-order chi connectivity index (χ1) is 14.0. The molecule has 0 bridgehead atoms. The molecule has 4 aromatic heterocycles. The topological polar surface area (TPSA) is 95.6 Å². The van der Waals surface area contributed by atoms with E-state index in [0.29, 0.717) is 18.2 Å². The van der Waals surface area contributed by atoms with E-state index in [9.17, 15) is 0 Å². The number of pyridine rings is 2. The Morgan fingerprint density at radius 1 is 1.17 bits per heavy atom. The van der Waals surface area contributed by atoms with Crippen molar-refractivity contribution >= 4 is 16.7 Å². The van der Waals surface area contributed by atoms with Crippen LogP contribution in [0, 0.1) is 0 Å². The van der Waals surface area contributed by atoms with Crippen molar-refractivity contribution in [3.63, 3.8) is 0 Å². The van der Waals surface area contributed by atoms with Crippen molar-refractivity contribution in [1.82, 2.24) is 34.5 Å². The van der Waals surface area contributed by atoms with Gasteiger partial charge in [0.15, 0.2) is 11.5 Å². The van der Waals surface area contributed by atoms with Crippen molar-refractivity contribution < 1.29 is 4.74 Å². The van der Waals surface area contributed by atoms with Crippen molar-refractivity contribution in [3.8, 4) is 17.1 Å². The van der Waals surface area contributed by atoms with Crippen LogP contribution >= 0.6 is 0 Å². The maximum Gasteiger partial charge on any atom is 0.222 e. The Hall–Kier alpha value is -3.49. The first-order valence-electron chi connectivity index (χ1n) is 9.43. The molecule has 0 saturated carbocycles. The lowest BCUT2D eigenvalue weighted by molar-refractivity contribution is 0.399. The van der Waals surface area contributed by atoms with Crippen LogP contribution in [0.25, 0.3) is 22.3 Å². The normalized spacial score (nSPS) is 11.4. The molecule has 4 rings (SSSR count). The Kier molecular flexibility index (Phi) is 4.87. The van der Waals surface area contributed by atoms with Gasteiger partial charge in [0.1, 0.15) is 6.33 Å². The monoisotopic (exact) mass is 392 g/mol. The van der Waals surface area contributed by atoms with Gasteiger partial charge in [0, 0.05) is 26.0 Å². The summed E-state index contributed by atoms with van der Waals surface area (Å²) in [6, 6.07) is 5.83. The Morgan fingerprint density at radius 3 is 2.69 bits per heavy atom. The number of nitrogens with one attached hydrogen (secondary N) is 1. The lowest BCUT2D eigenvalue weighted by Crippen LogP contribution is -2.05. The van der Waals surface area contributed by atoms with E-state index < -0.39 is 0 Å². The van der Waals surface area contributed by atoms with E-state index in [2.05, 4.69) is 34.2 Å². The van der Waals surface area contributed by atoms with Gasteiger partial charge in [-0.1, -0.05) is 13.8 Å². The molecule has 0 aliphatic carbocycles. The zero-order chi connectivity index (χ0) is 20.5. The molecule has 0 radical (unpaired) electrons. The number of methoxy groups -OCH3 is 1. The van der Waals surface area contributed by atoms with Gasteiger partial charge >= 0.3 is 0 Å². The van der Waals surface area contributed by atoms with E-state index in [0.717, 1.165) is 33.7 Å². The van der Waals surface area contributed by atoms with Crippen LogP contribution in [-0.2, 0) is 20.6 Å². The molecule has 0 aliphatic rings. The Balaban J connectivity index is 1.87. The van der Waals surface area contributed by atoms with E-state index in [-0.39, 0.29) is 5.92 Å². The molecule has 0 spiro atoms. The van der Waals surface area contributed by atoms with Gasteiger partial charge in [-0.15, -0.1) is 0 Å². The predicted molar refractivity (Wildman–Crippen MR) is 111 cm³/mol. The van der Waals surface area contributed by atoms with Crippen LogP contribution in [0.5, 0.6) is 5.88 Å². The van der Waals surface area contributed by atoms with Gasteiger partial charge in [-0.3, -0.25) is 9.36 Å². The summed E-state index contributed by atoms with van der Waals surface area (Å²) in [5.41, 5.74) is 4.31. The Morgan fingerprint density at radius 2 is 2.00 bits per heavy atom. The first kappa shape index (κ1) is 18.9. The van der Waals surface area contributed by atoms with Crippen molar-refractivity contribution in [2.24, 2.45) is 14.1 Å². The highest BCUT2D eigenvalue weighted by atomic mass is 16.5. The molecule has 0 aromatic carbocycles. The second kappa shape index (κ2) is 7.50. The molecule has 4 aromatic rings. The summed E-state index contributed by atoms with van der Waals surface area (Å²) in [6.45, 7) is 4.75. The van der Waals surface area contributed by atoms with E-state index in [1.54, 1.807) is 24.3 Å². The molecule has 9 nitrogen and oxygen atoms in total. The zero-order valence-electron chi connectivity index (χ0n) is 17.2. The van der Waals surface area contributed by atoms with Crippen LogP contribution in [0.2, 0.25) is 0 Å². The maximum absolute atomic E-state index is 5.44. The lowest BCUT2D eigenvalue weighted by Gasteiger charge is -2.12. The van der Waals surface area contributed by atoms with Gasteiger partial charge in [0.25, 0.3) is 0 Å². The largest absolute Gasteiger partial charge is 0.481 e. The van der Waals surface area contributed by atoms with Gasteiger partial charge in [0.05, 0.1) is 36.0 Å². The minimum absolute atomic E-state index is 0.257. The Bertz CT molecular complexity index is 1160. The van der Waals surface area contributed by atoms with Gasteiger partial charge in [-0.2, -0.15) is 10.2 Å². The summed E-state index contributed by atoms with van der Waals surface area (Å²) < 4.78 is 8.95. The number of hydrogen-bond donors (Lipinski definition) is 1. The molecular formula is C20H24N8O. The van der Waals surface area contributed by atoms with Crippen molar-refractivity contribution in [2.75, 3.05) is 12.4 Å². The van der Waals surface area contributed by atoms with Crippen LogP contribution in [0.3, 0.4) is 0 Å². The third-order valence-corrected chi connectivity index (χ3v) is 4.69. The minimum Gasteiger partial charge on any atom is -0.481 e. The van der Waals surface area contributed by atoms with Crippen LogP contribution in [0.15, 0.2) is 30.7 Å². The van der Waals surface area contributed by atoms with Crippen LogP contribution < -0.4 is 10.1 Å². The summed E-state index contributed by atoms with van der Waals surface area (Å²) in [5, 5.41) is 13.6. The molecule has 1 N–H and O–H groups in total. The van der Waals surface area contributed by atoms with Gasteiger partial charge < -0.3 is 10.1 Å². The van der Waals surface area contributed by atoms with Gasteiger partial charge in [-0.25, -0.2) is 15.0 Å². The summed E-state index contributed by atoms with van der Waals surface area (Å²) >= 11 is 0. The highest BCUT2D eigenvalue weighted by Crippen LogP contribution is 2.35. The van der Waals surface area contributed by atoms with E-state index in [1.165, 1.54) is 0 Å². The standard InChI is InChI=1S/C20H24N8O/c1-12(2)18-17-15(22-10-16-23-11-27(3)25-16)9-14(24-19(17)28(4)26-18)13-7-6-8-21-20(13)29-5/h6-9,11-12H,10H2,1-5H3,(H,22,24). The number of anilines is 1. The molecule has 0 fully saturated rings. The highest BCUT2D eigenvalue weighted by Gasteiger charge is 2.20. The van der Waals surface area contributed by atoms with Crippen molar-refractivity contribution in [1.29, 1.82) is 0 Å². The fourth-order valence-electron chi connectivity index (χ4n) is 3.35. The molecule has 29 heavy (non-hydrogen) atoms. The maximum atomic E-state index is 5.44. The van der Waals surface area contributed by atoms with E-state index in [4.69, 9.17) is 14.8 Å². The Labute approximate surface area is 168 Å². The smallest absolute Gasteiger partial charge is 0.222 e. The minimum atomic E-state index is 0.257. The number of aryl methyl sites for hydroxylation is 2. The predicted octanol–water partition coefficient (Wildman–Crippen LogP) is 2.90. The van der Waals surface area contributed by atoms with E-state index >= 15 is 0 Å². The number of rotatable bonds is 6. The summed E-state index contributed by atoms with van der Waals surface area (Å²) in [5.74, 6) is 1.50. The van der Waals surface area contributed by atoms with Crippen molar-refractivity contribution in [2.45, 2.75) is 26.3 Å². The average Bonchev–Trinajstić information content (AvgIpc) is 3.29. The lowest BCUT2D eigenvalue weighted by atomic mass is 10.0. The van der Waals surface area contributed by atoms with Crippen LogP contribution in [0.4, 0.5) is 5.69 Å². The molecule has 0 amide bonds. The summed E-state index contributed by atoms with van der Waals surface area (Å²) in [4.78, 5) is 13.5. The fraction of sp³-hybridized carbons (Fsp3) is 0.350. The molecule has 0 saturated heterocycles.